The number of fused-ring (bicyclic) bond motifs is 3. The van der Waals surface area contributed by atoms with Gasteiger partial charge in [-0.15, -0.1) is 0 Å². The third kappa shape index (κ3) is 2.67. The Kier molecular flexibility index (Phi) is 4.13. The fourth-order valence-electron chi connectivity index (χ4n) is 5.64. The maximum atomic E-state index is 2.41. The summed E-state index contributed by atoms with van der Waals surface area (Å²) in [7, 11) is 0. The minimum atomic E-state index is 1.16. The summed E-state index contributed by atoms with van der Waals surface area (Å²) in [5.41, 5.74) is 4.83. The third-order valence-corrected chi connectivity index (χ3v) is 7.09. The van der Waals surface area contributed by atoms with Crippen molar-refractivity contribution >= 4 is 60.2 Å². The van der Waals surface area contributed by atoms with Crippen LogP contribution in [-0.4, -0.2) is 0 Å². The Morgan fingerprint density at radius 1 is 0.441 bits per heavy atom. The molecule has 0 spiro atoms. The Morgan fingerprint density at radius 3 is 1.74 bits per heavy atom. The number of rotatable bonds is 3. The molecule has 0 aliphatic rings. The van der Waals surface area contributed by atoms with E-state index in [1.54, 1.807) is 0 Å². The van der Waals surface area contributed by atoms with Crippen molar-refractivity contribution in [3.63, 3.8) is 0 Å². The summed E-state index contributed by atoms with van der Waals surface area (Å²) in [6.45, 7) is 2.24. The van der Waals surface area contributed by atoms with E-state index in [4.69, 9.17) is 0 Å². The largest absolute Gasteiger partial charge is 0.310 e. The smallest absolute Gasteiger partial charge is 0.0549 e. The molecule has 7 rings (SSSR count). The first kappa shape index (κ1) is 19.1. The van der Waals surface area contributed by atoms with Gasteiger partial charge in [-0.3, -0.25) is 0 Å². The number of aryl methyl sites for hydroxylation is 1. The van der Waals surface area contributed by atoms with Gasteiger partial charge in [0.1, 0.15) is 0 Å². The highest BCUT2D eigenvalue weighted by Crippen LogP contribution is 2.48. The van der Waals surface area contributed by atoms with Gasteiger partial charge in [-0.25, -0.2) is 0 Å². The second-order valence-electron chi connectivity index (χ2n) is 9.03. The molecule has 1 nitrogen and oxygen atoms in total. The minimum absolute atomic E-state index is 1.16. The Morgan fingerprint density at radius 2 is 1.03 bits per heavy atom. The van der Waals surface area contributed by atoms with Crippen molar-refractivity contribution < 1.29 is 0 Å². The highest BCUT2D eigenvalue weighted by molar-refractivity contribution is 6.36. The standard InChI is InChI=1S/C33H23N/c1-22-21-30(34(24-12-4-2-5-13-24)25-14-6-3-7-15-25)32-29-17-9-8-16-27(29)28-18-10-11-23-19-20-26(22)33(32)31(23)28/h2-21H,1H3. The molecule has 7 aromatic carbocycles. The van der Waals surface area contributed by atoms with Crippen LogP contribution in [0.1, 0.15) is 5.56 Å². The van der Waals surface area contributed by atoms with Gasteiger partial charge in [0.15, 0.2) is 0 Å². The summed E-state index contributed by atoms with van der Waals surface area (Å²) in [4.78, 5) is 2.41. The summed E-state index contributed by atoms with van der Waals surface area (Å²) >= 11 is 0. The maximum absolute atomic E-state index is 2.41. The number of para-hydroxylation sites is 2. The summed E-state index contributed by atoms with van der Waals surface area (Å²) in [5.74, 6) is 0. The lowest BCUT2D eigenvalue weighted by Crippen LogP contribution is -2.11. The van der Waals surface area contributed by atoms with E-state index < -0.39 is 0 Å². The van der Waals surface area contributed by atoms with Crippen LogP contribution < -0.4 is 4.90 Å². The van der Waals surface area contributed by atoms with Crippen LogP contribution in [0.15, 0.2) is 121 Å². The van der Waals surface area contributed by atoms with Crippen LogP contribution in [0.25, 0.3) is 43.1 Å². The second-order valence-corrected chi connectivity index (χ2v) is 9.03. The highest BCUT2D eigenvalue weighted by atomic mass is 15.1. The predicted molar refractivity (Wildman–Crippen MR) is 147 cm³/mol. The fraction of sp³-hybridized carbons (Fsp3) is 0.0303. The molecule has 0 fully saturated rings. The third-order valence-electron chi connectivity index (χ3n) is 7.09. The van der Waals surface area contributed by atoms with Gasteiger partial charge < -0.3 is 4.90 Å². The summed E-state index contributed by atoms with van der Waals surface area (Å²) in [6, 6.07) is 43.9. The molecule has 0 unspecified atom stereocenters. The number of hydrogen-bond acceptors (Lipinski definition) is 1. The van der Waals surface area contributed by atoms with Crippen molar-refractivity contribution in [1.29, 1.82) is 0 Å². The zero-order valence-corrected chi connectivity index (χ0v) is 19.0. The zero-order valence-electron chi connectivity index (χ0n) is 19.0. The van der Waals surface area contributed by atoms with Crippen LogP contribution in [-0.2, 0) is 0 Å². The van der Waals surface area contributed by atoms with Crippen molar-refractivity contribution in [1.82, 2.24) is 0 Å². The molecule has 160 valence electrons. The normalized spacial score (nSPS) is 11.7. The van der Waals surface area contributed by atoms with Crippen molar-refractivity contribution in [3.05, 3.63) is 127 Å². The molecule has 7 aromatic rings. The van der Waals surface area contributed by atoms with Crippen LogP contribution in [0.5, 0.6) is 0 Å². The van der Waals surface area contributed by atoms with Gasteiger partial charge in [0, 0.05) is 22.1 Å². The van der Waals surface area contributed by atoms with Crippen molar-refractivity contribution in [2.24, 2.45) is 0 Å². The maximum Gasteiger partial charge on any atom is 0.0549 e. The molecule has 34 heavy (non-hydrogen) atoms. The fourth-order valence-corrected chi connectivity index (χ4v) is 5.64. The van der Waals surface area contributed by atoms with Crippen molar-refractivity contribution in [2.75, 3.05) is 4.90 Å². The van der Waals surface area contributed by atoms with Crippen LogP contribution in [0.4, 0.5) is 17.1 Å². The van der Waals surface area contributed by atoms with Gasteiger partial charge in [0.25, 0.3) is 0 Å². The Balaban J connectivity index is 1.74. The minimum Gasteiger partial charge on any atom is -0.310 e. The molecule has 0 aliphatic heterocycles. The molecular formula is C33H23N. The van der Waals surface area contributed by atoms with Crippen LogP contribution >= 0.6 is 0 Å². The molecule has 0 saturated carbocycles. The molecule has 1 heteroatoms. The topological polar surface area (TPSA) is 3.24 Å². The number of nitrogens with zero attached hydrogens (tertiary/aromatic N) is 1. The lowest BCUT2D eigenvalue weighted by atomic mass is 9.87. The SMILES string of the molecule is Cc1cc(N(c2ccccc2)c2ccccc2)c2c3ccccc3c3cccc4ccc1c2c43. The van der Waals surface area contributed by atoms with Crippen LogP contribution in [0, 0.1) is 6.92 Å². The van der Waals surface area contributed by atoms with Gasteiger partial charge in [-0.1, -0.05) is 91.0 Å². The highest BCUT2D eigenvalue weighted by Gasteiger charge is 2.21. The van der Waals surface area contributed by atoms with Gasteiger partial charge in [-0.2, -0.15) is 0 Å². The summed E-state index contributed by atoms with van der Waals surface area (Å²) in [5, 5.41) is 10.6. The van der Waals surface area contributed by atoms with Gasteiger partial charge >= 0.3 is 0 Å². The van der Waals surface area contributed by atoms with E-state index >= 15 is 0 Å². The molecule has 0 amide bonds. The lowest BCUT2D eigenvalue weighted by molar-refractivity contribution is 1.29. The predicted octanol–water partition coefficient (Wildman–Crippen LogP) is 9.52. The average molecular weight is 434 g/mol. The number of anilines is 3. The first-order chi connectivity index (χ1) is 16.8. The first-order valence-electron chi connectivity index (χ1n) is 11.8. The van der Waals surface area contributed by atoms with Crippen molar-refractivity contribution in [2.45, 2.75) is 6.92 Å². The van der Waals surface area contributed by atoms with E-state index in [2.05, 4.69) is 133 Å². The molecule has 0 saturated heterocycles. The van der Waals surface area contributed by atoms with Crippen LogP contribution in [0.2, 0.25) is 0 Å². The Hall–Kier alpha value is -4.36. The van der Waals surface area contributed by atoms with Gasteiger partial charge in [0.2, 0.25) is 0 Å². The molecule has 0 radical (unpaired) electrons. The lowest BCUT2D eigenvalue weighted by Gasteiger charge is -2.29. The molecule has 0 N–H and O–H groups in total. The average Bonchev–Trinajstić information content (AvgIpc) is 2.90. The van der Waals surface area contributed by atoms with E-state index in [-0.39, 0.29) is 0 Å². The van der Waals surface area contributed by atoms with E-state index in [1.165, 1.54) is 54.3 Å². The quantitative estimate of drug-likeness (QED) is 0.198. The molecule has 0 bridgehead atoms. The Bertz CT molecular complexity index is 1760. The van der Waals surface area contributed by atoms with Crippen LogP contribution in [0.3, 0.4) is 0 Å². The van der Waals surface area contributed by atoms with E-state index in [9.17, 15) is 0 Å². The second kappa shape index (κ2) is 7.33. The molecule has 0 heterocycles. The molecule has 0 aliphatic carbocycles. The molecule has 0 atom stereocenters. The zero-order chi connectivity index (χ0) is 22.6. The van der Waals surface area contributed by atoms with Gasteiger partial charge in [-0.05, 0) is 75.1 Å². The van der Waals surface area contributed by atoms with E-state index in [0.717, 1.165) is 11.4 Å². The Labute approximate surface area is 198 Å². The summed E-state index contributed by atoms with van der Waals surface area (Å²) in [6.07, 6.45) is 0. The first-order valence-corrected chi connectivity index (χ1v) is 11.8. The van der Waals surface area contributed by atoms with Gasteiger partial charge in [0.05, 0.1) is 5.69 Å². The number of hydrogen-bond donors (Lipinski definition) is 0. The number of benzene rings is 7. The van der Waals surface area contributed by atoms with E-state index in [1.807, 2.05) is 0 Å². The monoisotopic (exact) mass is 433 g/mol. The summed E-state index contributed by atoms with van der Waals surface area (Å²) < 4.78 is 0. The van der Waals surface area contributed by atoms with E-state index in [0.29, 0.717) is 0 Å². The van der Waals surface area contributed by atoms with Crippen molar-refractivity contribution in [3.8, 4) is 0 Å². The molecular weight excluding hydrogens is 410 g/mol. The molecule has 0 aromatic heterocycles.